The summed E-state index contributed by atoms with van der Waals surface area (Å²) in [5, 5.41) is -0.478. The predicted molar refractivity (Wildman–Crippen MR) is 120 cm³/mol. The maximum Gasteiger partial charge on any atom is 0.417 e. The Bertz CT molecular complexity index is 1300. The molecular formula is C24H24F3N3O4. The lowest BCUT2D eigenvalue weighted by Crippen LogP contribution is -2.39. The molecule has 0 bridgehead atoms. The summed E-state index contributed by atoms with van der Waals surface area (Å²) in [6, 6.07) is 7.30. The molecule has 1 fully saturated rings. The number of ether oxygens (including phenoxy) is 2. The van der Waals surface area contributed by atoms with Gasteiger partial charge in [0.25, 0.3) is 11.5 Å². The van der Waals surface area contributed by atoms with Gasteiger partial charge in [-0.05, 0) is 44.0 Å². The van der Waals surface area contributed by atoms with Crippen molar-refractivity contribution in [3.05, 3.63) is 63.2 Å². The van der Waals surface area contributed by atoms with Crippen LogP contribution in [0.1, 0.15) is 46.1 Å². The minimum Gasteiger partial charge on any atom is -0.497 e. The molecule has 10 heteroatoms. The minimum atomic E-state index is -4.67. The van der Waals surface area contributed by atoms with Crippen molar-refractivity contribution in [2.45, 2.75) is 31.9 Å². The van der Waals surface area contributed by atoms with Crippen molar-refractivity contribution in [2.75, 3.05) is 27.3 Å². The number of nitrogens with zero attached hydrogens (tertiary/aromatic N) is 2. The van der Waals surface area contributed by atoms with Crippen molar-refractivity contribution in [1.29, 1.82) is 0 Å². The van der Waals surface area contributed by atoms with Crippen molar-refractivity contribution in [3.63, 3.8) is 0 Å². The Kier molecular flexibility index (Phi) is 6.24. The summed E-state index contributed by atoms with van der Waals surface area (Å²) in [6.07, 6.45) is -3.33. The number of nitrogens with one attached hydrogen (secondary N) is 1. The first-order chi connectivity index (χ1) is 16.1. The van der Waals surface area contributed by atoms with Gasteiger partial charge in [-0.25, -0.2) is 0 Å². The van der Waals surface area contributed by atoms with E-state index in [1.165, 1.54) is 27.2 Å². The van der Waals surface area contributed by atoms with E-state index in [1.807, 2.05) is 0 Å². The maximum atomic E-state index is 13.5. The lowest BCUT2D eigenvalue weighted by atomic mass is 9.93. The number of amides is 1. The number of likely N-dealkylation sites (tertiary alicyclic amines) is 1. The molecule has 1 aliphatic rings. The Labute approximate surface area is 193 Å². The molecular weight excluding hydrogens is 451 g/mol. The molecule has 3 heterocycles. The Morgan fingerprint density at radius 3 is 2.62 bits per heavy atom. The number of benzene rings is 1. The number of halogens is 3. The molecule has 1 amide bonds. The smallest absolute Gasteiger partial charge is 0.417 e. The van der Waals surface area contributed by atoms with Crippen molar-refractivity contribution in [3.8, 4) is 11.5 Å². The largest absolute Gasteiger partial charge is 0.497 e. The number of rotatable bonds is 4. The number of aromatic nitrogens is 2. The number of alkyl halides is 3. The van der Waals surface area contributed by atoms with Crippen LogP contribution in [0.25, 0.3) is 10.9 Å². The van der Waals surface area contributed by atoms with Gasteiger partial charge in [-0.2, -0.15) is 13.2 Å². The van der Waals surface area contributed by atoms with Crippen molar-refractivity contribution in [1.82, 2.24) is 14.9 Å². The number of piperidine rings is 1. The molecule has 1 saturated heterocycles. The second-order valence-corrected chi connectivity index (χ2v) is 8.28. The highest BCUT2D eigenvalue weighted by atomic mass is 19.4. The van der Waals surface area contributed by atoms with Crippen molar-refractivity contribution in [2.24, 2.45) is 0 Å². The predicted octanol–water partition coefficient (Wildman–Crippen LogP) is 4.29. The number of hydrogen-bond acceptors (Lipinski definition) is 5. The highest BCUT2D eigenvalue weighted by Gasteiger charge is 2.35. The number of carbonyl (C=O) groups excluding carboxylic acids is 1. The number of carbonyl (C=O) groups is 1. The lowest BCUT2D eigenvalue weighted by molar-refractivity contribution is -0.136. The van der Waals surface area contributed by atoms with Gasteiger partial charge in [0.2, 0.25) is 0 Å². The van der Waals surface area contributed by atoms with Gasteiger partial charge in [0.05, 0.1) is 36.2 Å². The molecule has 0 radical (unpaired) electrons. The summed E-state index contributed by atoms with van der Waals surface area (Å²) >= 11 is 0. The first kappa shape index (κ1) is 23.6. The summed E-state index contributed by atoms with van der Waals surface area (Å²) in [5.41, 5.74) is -0.844. The Balaban J connectivity index is 1.67. The summed E-state index contributed by atoms with van der Waals surface area (Å²) in [6.45, 7) is 2.27. The lowest BCUT2D eigenvalue weighted by Gasteiger charge is -2.33. The molecule has 0 unspecified atom stereocenters. The van der Waals surface area contributed by atoms with Gasteiger partial charge >= 0.3 is 6.18 Å². The summed E-state index contributed by atoms with van der Waals surface area (Å²) in [5.74, 6) is 0.445. The van der Waals surface area contributed by atoms with E-state index in [0.29, 0.717) is 48.7 Å². The zero-order valence-corrected chi connectivity index (χ0v) is 19.0. The third-order valence-electron chi connectivity index (χ3n) is 6.05. The van der Waals surface area contributed by atoms with Crippen LogP contribution in [0.5, 0.6) is 11.5 Å². The Morgan fingerprint density at radius 1 is 1.18 bits per heavy atom. The molecule has 1 N–H and O–H groups in total. The number of aromatic amines is 1. The standard InChI is InChI=1S/C24H24F3N3O4/c1-13-9-17(24(25,26)27)21-19(28-13)11-18(29-22(21)31)14-5-4-8-30(12-14)23(32)16-7-6-15(33-2)10-20(16)34-3/h6-7,9-11,14H,4-5,8,12H2,1-3H3,(H,29,31)/t14-/m0/s1. The fourth-order valence-electron chi connectivity index (χ4n) is 4.42. The Morgan fingerprint density at radius 2 is 1.94 bits per heavy atom. The second kappa shape index (κ2) is 9.00. The molecule has 1 atom stereocenters. The number of hydrogen-bond donors (Lipinski definition) is 1. The number of H-pyrrole nitrogens is 1. The molecule has 0 saturated carbocycles. The van der Waals surface area contributed by atoms with Crippen LogP contribution < -0.4 is 15.0 Å². The van der Waals surface area contributed by atoms with E-state index in [4.69, 9.17) is 9.47 Å². The van der Waals surface area contributed by atoms with Gasteiger partial charge in [0.15, 0.2) is 0 Å². The number of fused-ring (bicyclic) bond motifs is 1. The van der Waals surface area contributed by atoms with Gasteiger partial charge < -0.3 is 19.4 Å². The molecule has 4 rings (SSSR count). The van der Waals surface area contributed by atoms with Crippen molar-refractivity contribution >= 4 is 16.8 Å². The normalized spacial score (nSPS) is 16.5. The average Bonchev–Trinajstić information content (AvgIpc) is 2.81. The quantitative estimate of drug-likeness (QED) is 0.609. The van der Waals surface area contributed by atoms with Gasteiger partial charge in [-0.1, -0.05) is 0 Å². The van der Waals surface area contributed by atoms with Gasteiger partial charge in [0.1, 0.15) is 11.5 Å². The van der Waals surface area contributed by atoms with Gasteiger partial charge in [0, 0.05) is 36.5 Å². The monoisotopic (exact) mass is 475 g/mol. The molecule has 1 aliphatic heterocycles. The van der Waals surface area contributed by atoms with Crippen LogP contribution in [0.4, 0.5) is 13.2 Å². The van der Waals surface area contributed by atoms with E-state index >= 15 is 0 Å². The minimum absolute atomic E-state index is 0.00801. The molecule has 2 aromatic heterocycles. The molecule has 0 aliphatic carbocycles. The van der Waals surface area contributed by atoms with E-state index in [9.17, 15) is 22.8 Å². The number of methoxy groups -OCH3 is 2. The van der Waals surface area contributed by atoms with E-state index in [-0.39, 0.29) is 23.0 Å². The fourth-order valence-corrected chi connectivity index (χ4v) is 4.42. The molecule has 7 nitrogen and oxygen atoms in total. The zero-order chi connectivity index (χ0) is 24.6. The highest BCUT2D eigenvalue weighted by Crippen LogP contribution is 2.35. The number of aryl methyl sites for hydroxylation is 1. The van der Waals surface area contributed by atoms with E-state index in [1.54, 1.807) is 23.1 Å². The second-order valence-electron chi connectivity index (χ2n) is 8.28. The third-order valence-corrected chi connectivity index (χ3v) is 6.05. The fraction of sp³-hybridized carbons (Fsp3) is 0.375. The molecule has 34 heavy (non-hydrogen) atoms. The van der Waals surface area contributed by atoms with Gasteiger partial charge in [-0.3, -0.25) is 14.6 Å². The van der Waals surface area contributed by atoms with Crippen LogP contribution in [0, 0.1) is 6.92 Å². The van der Waals surface area contributed by atoms with Crippen LogP contribution in [0.2, 0.25) is 0 Å². The van der Waals surface area contributed by atoms with E-state index in [2.05, 4.69) is 9.97 Å². The molecule has 1 aromatic carbocycles. The average molecular weight is 475 g/mol. The molecule has 3 aromatic rings. The van der Waals surface area contributed by atoms with Crippen LogP contribution in [0.3, 0.4) is 0 Å². The summed E-state index contributed by atoms with van der Waals surface area (Å²) in [4.78, 5) is 34.4. The molecule has 180 valence electrons. The Hall–Kier alpha value is -3.56. The number of pyridine rings is 2. The third kappa shape index (κ3) is 4.44. The highest BCUT2D eigenvalue weighted by molar-refractivity contribution is 5.97. The topological polar surface area (TPSA) is 84.5 Å². The first-order valence-corrected chi connectivity index (χ1v) is 10.8. The summed E-state index contributed by atoms with van der Waals surface area (Å²) in [7, 11) is 2.98. The van der Waals surface area contributed by atoms with Crippen LogP contribution >= 0.6 is 0 Å². The zero-order valence-electron chi connectivity index (χ0n) is 19.0. The van der Waals surface area contributed by atoms with E-state index in [0.717, 1.165) is 6.07 Å². The van der Waals surface area contributed by atoms with Crippen molar-refractivity contribution < 1.29 is 27.4 Å². The van der Waals surface area contributed by atoms with Gasteiger partial charge in [-0.15, -0.1) is 0 Å². The SMILES string of the molecule is COc1ccc(C(=O)N2CCC[C@H](c3cc4nc(C)cc(C(F)(F)F)c4c(=O)[nH]3)C2)c(OC)c1. The first-order valence-electron chi connectivity index (χ1n) is 10.8. The molecule has 0 spiro atoms. The summed E-state index contributed by atoms with van der Waals surface area (Å²) < 4.78 is 51.0. The van der Waals surface area contributed by atoms with Crippen LogP contribution in [-0.4, -0.2) is 48.1 Å². The van der Waals surface area contributed by atoms with Crippen LogP contribution in [0.15, 0.2) is 35.1 Å². The van der Waals surface area contributed by atoms with Crippen LogP contribution in [-0.2, 0) is 6.18 Å². The van der Waals surface area contributed by atoms with E-state index < -0.39 is 22.7 Å². The maximum absolute atomic E-state index is 13.5.